The molecule has 182 valence electrons. The van der Waals surface area contributed by atoms with Crippen LogP contribution in [-0.2, 0) is 0 Å². The molecule has 8 rings (SSSR count). The van der Waals surface area contributed by atoms with Gasteiger partial charge in [-0.15, -0.1) is 0 Å². The van der Waals surface area contributed by atoms with E-state index in [0.29, 0.717) is 0 Å². The Hall–Kier alpha value is -5.14. The summed E-state index contributed by atoms with van der Waals surface area (Å²) in [5.74, 6) is 0. The lowest BCUT2D eigenvalue weighted by Gasteiger charge is -2.28. The molecule has 0 spiro atoms. The minimum atomic E-state index is 1.14. The van der Waals surface area contributed by atoms with Crippen molar-refractivity contribution in [1.29, 1.82) is 0 Å². The van der Waals surface area contributed by atoms with Gasteiger partial charge in [0.2, 0.25) is 0 Å². The Labute approximate surface area is 227 Å². The minimum absolute atomic E-state index is 1.14. The lowest BCUT2D eigenvalue weighted by atomic mass is 9.91. The van der Waals surface area contributed by atoms with Gasteiger partial charge >= 0.3 is 0 Å². The third kappa shape index (κ3) is 3.48. The number of hydrogen-bond donors (Lipinski definition) is 0. The number of anilines is 3. The molecule has 0 aliphatic rings. The summed E-state index contributed by atoms with van der Waals surface area (Å²) in [5.41, 5.74) is 3.47. The third-order valence-corrected chi connectivity index (χ3v) is 7.95. The first-order valence-corrected chi connectivity index (χ1v) is 13.5. The second-order valence-corrected chi connectivity index (χ2v) is 10.2. The molecule has 0 heterocycles. The summed E-state index contributed by atoms with van der Waals surface area (Å²) >= 11 is 0. The summed E-state index contributed by atoms with van der Waals surface area (Å²) in [6, 6.07) is 55.1. The van der Waals surface area contributed by atoms with E-state index in [2.05, 4.69) is 157 Å². The molecule has 1 heteroatoms. The van der Waals surface area contributed by atoms with Crippen molar-refractivity contribution in [3.63, 3.8) is 0 Å². The van der Waals surface area contributed by atoms with Crippen LogP contribution >= 0.6 is 0 Å². The second kappa shape index (κ2) is 8.72. The van der Waals surface area contributed by atoms with E-state index in [-0.39, 0.29) is 0 Å². The standard InChI is InChI=1S/C38H25N/c1-2-14-31(15-3-1)39(32-22-20-26-10-4-5-13-29(26)24-32)36-25-30-19-18-27-11-6-8-16-33(27)37(30)35-23-21-28-12-7-9-17-34(28)38(35)36/h1-25H. The van der Waals surface area contributed by atoms with Crippen LogP contribution in [0.5, 0.6) is 0 Å². The van der Waals surface area contributed by atoms with Crippen LogP contribution in [-0.4, -0.2) is 0 Å². The second-order valence-electron chi connectivity index (χ2n) is 10.2. The maximum Gasteiger partial charge on any atom is 0.0552 e. The van der Waals surface area contributed by atoms with E-state index in [1.165, 1.54) is 59.5 Å². The number of para-hydroxylation sites is 1. The normalized spacial score (nSPS) is 11.6. The van der Waals surface area contributed by atoms with Crippen molar-refractivity contribution in [2.75, 3.05) is 4.90 Å². The van der Waals surface area contributed by atoms with E-state index < -0.39 is 0 Å². The molecule has 0 N–H and O–H groups in total. The van der Waals surface area contributed by atoms with Crippen LogP contribution in [0.15, 0.2) is 152 Å². The zero-order chi connectivity index (χ0) is 25.8. The number of benzene rings is 8. The number of hydrogen-bond acceptors (Lipinski definition) is 1. The first kappa shape index (κ1) is 21.9. The predicted octanol–water partition coefficient (Wildman–Crippen LogP) is 10.9. The molecule has 8 aromatic carbocycles. The highest BCUT2D eigenvalue weighted by Crippen LogP contribution is 2.46. The zero-order valence-corrected chi connectivity index (χ0v) is 21.4. The molecule has 0 bridgehead atoms. The molecule has 39 heavy (non-hydrogen) atoms. The van der Waals surface area contributed by atoms with Crippen LogP contribution in [0.1, 0.15) is 0 Å². The van der Waals surface area contributed by atoms with Crippen molar-refractivity contribution < 1.29 is 0 Å². The van der Waals surface area contributed by atoms with E-state index >= 15 is 0 Å². The molecular formula is C38H25N. The minimum Gasteiger partial charge on any atom is -0.310 e. The first-order valence-electron chi connectivity index (χ1n) is 13.5. The maximum absolute atomic E-state index is 2.43. The lowest BCUT2D eigenvalue weighted by Crippen LogP contribution is -2.10. The Morgan fingerprint density at radius 2 is 0.872 bits per heavy atom. The van der Waals surface area contributed by atoms with Gasteiger partial charge in [-0.05, 0) is 78.8 Å². The molecule has 0 saturated carbocycles. The number of rotatable bonds is 3. The summed E-state index contributed by atoms with van der Waals surface area (Å²) in [4.78, 5) is 2.43. The molecule has 0 fully saturated rings. The Kier molecular flexibility index (Phi) is 4.89. The van der Waals surface area contributed by atoms with Crippen molar-refractivity contribution in [1.82, 2.24) is 0 Å². The van der Waals surface area contributed by atoms with Crippen molar-refractivity contribution in [2.24, 2.45) is 0 Å². The zero-order valence-electron chi connectivity index (χ0n) is 21.4. The highest BCUT2D eigenvalue weighted by molar-refractivity contribution is 6.29. The largest absolute Gasteiger partial charge is 0.310 e. The van der Waals surface area contributed by atoms with E-state index in [1.54, 1.807) is 0 Å². The van der Waals surface area contributed by atoms with Crippen LogP contribution in [0.25, 0.3) is 53.9 Å². The molecule has 0 aliphatic heterocycles. The maximum atomic E-state index is 2.43. The summed E-state index contributed by atoms with van der Waals surface area (Å²) < 4.78 is 0. The van der Waals surface area contributed by atoms with Gasteiger partial charge in [-0.25, -0.2) is 0 Å². The van der Waals surface area contributed by atoms with Gasteiger partial charge in [-0.1, -0.05) is 121 Å². The molecule has 0 aliphatic carbocycles. The number of fused-ring (bicyclic) bond motifs is 8. The van der Waals surface area contributed by atoms with E-state index in [9.17, 15) is 0 Å². The summed E-state index contributed by atoms with van der Waals surface area (Å²) in [5, 5.41) is 12.6. The lowest BCUT2D eigenvalue weighted by molar-refractivity contribution is 1.31. The van der Waals surface area contributed by atoms with Crippen LogP contribution in [0.4, 0.5) is 17.1 Å². The van der Waals surface area contributed by atoms with E-state index in [4.69, 9.17) is 0 Å². The van der Waals surface area contributed by atoms with Crippen LogP contribution in [0.2, 0.25) is 0 Å². The van der Waals surface area contributed by atoms with Gasteiger partial charge in [0, 0.05) is 16.8 Å². The molecular weight excluding hydrogens is 470 g/mol. The van der Waals surface area contributed by atoms with Crippen LogP contribution < -0.4 is 4.90 Å². The van der Waals surface area contributed by atoms with Gasteiger partial charge in [0.1, 0.15) is 0 Å². The Bertz CT molecular complexity index is 2180. The monoisotopic (exact) mass is 495 g/mol. The molecule has 0 radical (unpaired) electrons. The highest BCUT2D eigenvalue weighted by atomic mass is 15.1. The van der Waals surface area contributed by atoms with Gasteiger partial charge in [0.05, 0.1) is 5.69 Å². The predicted molar refractivity (Wildman–Crippen MR) is 169 cm³/mol. The average Bonchev–Trinajstić information content (AvgIpc) is 3.01. The molecule has 0 unspecified atom stereocenters. The van der Waals surface area contributed by atoms with Gasteiger partial charge in [0.25, 0.3) is 0 Å². The molecule has 8 aromatic rings. The average molecular weight is 496 g/mol. The van der Waals surface area contributed by atoms with Gasteiger partial charge in [-0.2, -0.15) is 0 Å². The topological polar surface area (TPSA) is 3.24 Å². The highest BCUT2D eigenvalue weighted by Gasteiger charge is 2.20. The van der Waals surface area contributed by atoms with Crippen LogP contribution in [0, 0.1) is 0 Å². The summed E-state index contributed by atoms with van der Waals surface area (Å²) in [6.07, 6.45) is 0. The Morgan fingerprint density at radius 3 is 1.64 bits per heavy atom. The third-order valence-electron chi connectivity index (χ3n) is 7.95. The van der Waals surface area contributed by atoms with Gasteiger partial charge in [-0.3, -0.25) is 0 Å². The van der Waals surface area contributed by atoms with Crippen molar-refractivity contribution in [3.05, 3.63) is 152 Å². The fraction of sp³-hybridized carbons (Fsp3) is 0. The Morgan fingerprint density at radius 1 is 0.308 bits per heavy atom. The molecule has 0 amide bonds. The summed E-state index contributed by atoms with van der Waals surface area (Å²) in [6.45, 7) is 0. The number of nitrogens with zero attached hydrogens (tertiary/aromatic N) is 1. The molecule has 1 nitrogen and oxygen atoms in total. The smallest absolute Gasteiger partial charge is 0.0552 e. The van der Waals surface area contributed by atoms with Crippen molar-refractivity contribution in [3.8, 4) is 0 Å². The quantitative estimate of drug-likeness (QED) is 0.220. The first-order chi connectivity index (χ1) is 19.3. The molecule has 0 saturated heterocycles. The molecule has 0 atom stereocenters. The molecule has 0 aromatic heterocycles. The van der Waals surface area contributed by atoms with E-state index in [1.807, 2.05) is 0 Å². The van der Waals surface area contributed by atoms with Crippen molar-refractivity contribution >= 4 is 70.9 Å². The van der Waals surface area contributed by atoms with Gasteiger partial charge in [0.15, 0.2) is 0 Å². The van der Waals surface area contributed by atoms with Gasteiger partial charge < -0.3 is 4.90 Å². The Balaban J connectivity index is 1.56. The summed E-state index contributed by atoms with van der Waals surface area (Å²) in [7, 11) is 0. The SMILES string of the molecule is c1ccc(N(c2ccc3ccccc3c2)c2cc3ccc4ccccc4c3c3ccc4ccccc4c23)cc1. The van der Waals surface area contributed by atoms with E-state index in [0.717, 1.165) is 11.4 Å². The fourth-order valence-corrected chi connectivity index (χ4v) is 6.18. The van der Waals surface area contributed by atoms with Crippen molar-refractivity contribution in [2.45, 2.75) is 0 Å². The van der Waals surface area contributed by atoms with Crippen LogP contribution in [0.3, 0.4) is 0 Å². The fourth-order valence-electron chi connectivity index (χ4n) is 6.18.